The molecule has 1 heterocycles. The van der Waals surface area contributed by atoms with E-state index in [0.717, 1.165) is 42.6 Å². The molecule has 222 valence electrons. The monoisotopic (exact) mass is 581 g/mol. The highest BCUT2D eigenvalue weighted by Crippen LogP contribution is 2.39. The summed E-state index contributed by atoms with van der Waals surface area (Å²) in [5.41, 5.74) is 1.27. The SMILES string of the molecule is Cc1cccc(F)c1C(=O)N1CCCC(CNc2ccc(C=O)c(C(F)(F)F)c2)[C@@H]1c1ccc(NC2CCCC2)cc1. The number of benzene rings is 3. The summed E-state index contributed by atoms with van der Waals surface area (Å²) in [5.74, 6) is -1.14. The molecule has 2 N–H and O–H groups in total. The van der Waals surface area contributed by atoms with Crippen LogP contribution in [-0.2, 0) is 6.18 Å². The summed E-state index contributed by atoms with van der Waals surface area (Å²) >= 11 is 0. The Labute approximate surface area is 243 Å². The Balaban J connectivity index is 1.44. The molecule has 2 fully saturated rings. The third-order valence-electron chi connectivity index (χ3n) is 8.49. The zero-order valence-electron chi connectivity index (χ0n) is 23.5. The van der Waals surface area contributed by atoms with Crippen molar-refractivity contribution in [1.82, 2.24) is 4.90 Å². The van der Waals surface area contributed by atoms with E-state index in [-0.39, 0.29) is 30.0 Å². The lowest BCUT2D eigenvalue weighted by atomic mass is 9.83. The molecule has 3 aromatic rings. The molecule has 2 atom stereocenters. The number of carbonyl (C=O) groups is 2. The first-order chi connectivity index (χ1) is 20.2. The molecule has 1 unspecified atom stereocenters. The van der Waals surface area contributed by atoms with Gasteiger partial charge in [-0.05, 0) is 80.1 Å². The predicted molar refractivity (Wildman–Crippen MR) is 155 cm³/mol. The minimum absolute atomic E-state index is 0.0369. The number of nitrogens with zero attached hydrogens (tertiary/aromatic N) is 1. The van der Waals surface area contributed by atoms with Gasteiger partial charge in [0.1, 0.15) is 5.82 Å². The maximum atomic E-state index is 14.9. The van der Waals surface area contributed by atoms with Crippen molar-refractivity contribution in [2.75, 3.05) is 23.7 Å². The Bertz CT molecular complexity index is 1400. The van der Waals surface area contributed by atoms with Crippen LogP contribution >= 0.6 is 0 Å². The summed E-state index contributed by atoms with van der Waals surface area (Å²) in [6.07, 6.45) is 1.60. The molecule has 0 bridgehead atoms. The number of aldehydes is 1. The van der Waals surface area contributed by atoms with E-state index in [9.17, 15) is 27.2 Å². The van der Waals surface area contributed by atoms with Crippen LogP contribution in [0.25, 0.3) is 0 Å². The topological polar surface area (TPSA) is 61.4 Å². The van der Waals surface area contributed by atoms with Crippen molar-refractivity contribution >= 4 is 23.6 Å². The van der Waals surface area contributed by atoms with Crippen molar-refractivity contribution in [2.24, 2.45) is 5.92 Å². The summed E-state index contributed by atoms with van der Waals surface area (Å²) < 4.78 is 55.6. The number of likely N-dealkylation sites (tertiary alicyclic amines) is 1. The Kier molecular flexibility index (Phi) is 8.85. The van der Waals surface area contributed by atoms with Crippen LogP contribution in [-0.4, -0.2) is 36.2 Å². The summed E-state index contributed by atoms with van der Waals surface area (Å²) in [6.45, 7) is 2.42. The van der Waals surface area contributed by atoms with Crippen molar-refractivity contribution in [3.63, 3.8) is 0 Å². The Morgan fingerprint density at radius 1 is 0.976 bits per heavy atom. The number of nitrogens with one attached hydrogen (secondary N) is 2. The molecule has 5 nitrogen and oxygen atoms in total. The number of amides is 1. The van der Waals surface area contributed by atoms with E-state index in [0.29, 0.717) is 24.6 Å². The van der Waals surface area contributed by atoms with Gasteiger partial charge in [0.05, 0.1) is 17.2 Å². The van der Waals surface area contributed by atoms with Crippen LogP contribution in [0.15, 0.2) is 60.7 Å². The van der Waals surface area contributed by atoms with Gasteiger partial charge in [-0.25, -0.2) is 4.39 Å². The maximum absolute atomic E-state index is 14.9. The van der Waals surface area contributed by atoms with Gasteiger partial charge in [-0.1, -0.05) is 37.1 Å². The lowest BCUT2D eigenvalue weighted by Crippen LogP contribution is -2.45. The van der Waals surface area contributed by atoms with Crippen LogP contribution in [0.4, 0.5) is 28.9 Å². The van der Waals surface area contributed by atoms with Crippen LogP contribution in [0.1, 0.15) is 82.0 Å². The lowest BCUT2D eigenvalue weighted by Gasteiger charge is -2.42. The highest BCUT2D eigenvalue weighted by atomic mass is 19.4. The zero-order chi connectivity index (χ0) is 29.9. The van der Waals surface area contributed by atoms with Crippen molar-refractivity contribution in [3.8, 4) is 0 Å². The van der Waals surface area contributed by atoms with Crippen molar-refractivity contribution in [2.45, 2.75) is 63.7 Å². The van der Waals surface area contributed by atoms with Crippen LogP contribution in [0.2, 0.25) is 0 Å². The van der Waals surface area contributed by atoms with Crippen molar-refractivity contribution in [1.29, 1.82) is 0 Å². The van der Waals surface area contributed by atoms with E-state index in [4.69, 9.17) is 0 Å². The number of hydrogen-bond acceptors (Lipinski definition) is 4. The molecule has 42 heavy (non-hydrogen) atoms. The van der Waals surface area contributed by atoms with Gasteiger partial charge in [0.15, 0.2) is 6.29 Å². The molecule has 0 spiro atoms. The minimum Gasteiger partial charge on any atom is -0.385 e. The molecular weight excluding hydrogens is 546 g/mol. The number of rotatable bonds is 8. The fourth-order valence-electron chi connectivity index (χ4n) is 6.36. The molecule has 1 aliphatic heterocycles. The van der Waals surface area contributed by atoms with Gasteiger partial charge < -0.3 is 15.5 Å². The van der Waals surface area contributed by atoms with Gasteiger partial charge in [-0.3, -0.25) is 9.59 Å². The first-order valence-electron chi connectivity index (χ1n) is 14.5. The summed E-state index contributed by atoms with van der Waals surface area (Å²) in [6, 6.07) is 16.1. The number of anilines is 2. The number of halogens is 4. The van der Waals surface area contributed by atoms with E-state index in [1.54, 1.807) is 24.0 Å². The van der Waals surface area contributed by atoms with Gasteiger partial charge in [0.2, 0.25) is 0 Å². The molecule has 5 rings (SSSR count). The van der Waals surface area contributed by atoms with Crippen LogP contribution < -0.4 is 10.6 Å². The zero-order valence-corrected chi connectivity index (χ0v) is 23.5. The van der Waals surface area contributed by atoms with Crippen molar-refractivity contribution < 1.29 is 27.2 Å². The molecule has 1 saturated carbocycles. The molecule has 2 aliphatic rings. The average Bonchev–Trinajstić information content (AvgIpc) is 3.48. The number of alkyl halides is 3. The smallest absolute Gasteiger partial charge is 0.385 e. The van der Waals surface area contributed by atoms with Gasteiger partial charge in [0, 0.05) is 42.0 Å². The van der Waals surface area contributed by atoms with Crippen LogP contribution in [0.3, 0.4) is 0 Å². The number of carbonyl (C=O) groups excluding carboxylic acids is 2. The van der Waals surface area contributed by atoms with Gasteiger partial charge >= 0.3 is 6.18 Å². The number of aryl methyl sites for hydroxylation is 1. The van der Waals surface area contributed by atoms with E-state index in [1.807, 2.05) is 24.3 Å². The Morgan fingerprint density at radius 2 is 1.69 bits per heavy atom. The molecule has 1 saturated heterocycles. The van der Waals surface area contributed by atoms with E-state index in [1.165, 1.54) is 25.0 Å². The molecular formula is C33H35F4N3O2. The third-order valence-corrected chi connectivity index (χ3v) is 8.49. The predicted octanol–water partition coefficient (Wildman–Crippen LogP) is 8.03. The van der Waals surface area contributed by atoms with E-state index in [2.05, 4.69) is 10.6 Å². The Morgan fingerprint density at radius 3 is 2.36 bits per heavy atom. The van der Waals surface area contributed by atoms with E-state index >= 15 is 0 Å². The summed E-state index contributed by atoms with van der Waals surface area (Å²) in [7, 11) is 0. The standard InChI is InChI=1S/C33H35F4N3O2/c1-21-6-4-10-29(34)30(21)32(42)40-17-5-7-23(19-38-27-16-13-24(20-41)28(18-27)33(35,36)37)31(40)22-11-14-26(15-12-22)39-25-8-2-3-9-25/h4,6,10-16,18,20,23,25,31,38-39H,2-3,5,7-9,17,19H2,1H3/t23?,31-/m0/s1. The van der Waals surface area contributed by atoms with E-state index < -0.39 is 35.1 Å². The molecule has 0 aromatic heterocycles. The summed E-state index contributed by atoms with van der Waals surface area (Å²) in [4.78, 5) is 26.8. The highest BCUT2D eigenvalue weighted by molar-refractivity contribution is 5.96. The first kappa shape index (κ1) is 29.6. The third kappa shape index (κ3) is 6.45. The second-order valence-electron chi connectivity index (χ2n) is 11.3. The van der Waals surface area contributed by atoms with Gasteiger partial charge in [-0.2, -0.15) is 13.2 Å². The summed E-state index contributed by atoms with van der Waals surface area (Å²) in [5, 5.41) is 6.69. The second-order valence-corrected chi connectivity index (χ2v) is 11.3. The van der Waals surface area contributed by atoms with Crippen LogP contribution in [0.5, 0.6) is 0 Å². The lowest BCUT2D eigenvalue weighted by molar-refractivity contribution is -0.137. The minimum atomic E-state index is -4.67. The molecule has 9 heteroatoms. The van der Waals surface area contributed by atoms with Gasteiger partial charge in [-0.15, -0.1) is 0 Å². The maximum Gasteiger partial charge on any atom is 0.417 e. The highest BCUT2D eigenvalue weighted by Gasteiger charge is 2.38. The number of piperidine rings is 1. The Hall–Kier alpha value is -3.88. The largest absolute Gasteiger partial charge is 0.417 e. The number of hydrogen-bond donors (Lipinski definition) is 2. The van der Waals surface area contributed by atoms with Gasteiger partial charge in [0.25, 0.3) is 5.91 Å². The second kappa shape index (κ2) is 12.5. The fourth-order valence-corrected chi connectivity index (χ4v) is 6.36. The van der Waals surface area contributed by atoms with Crippen molar-refractivity contribution in [3.05, 3.63) is 94.3 Å². The molecule has 3 aromatic carbocycles. The molecule has 1 aliphatic carbocycles. The molecule has 0 radical (unpaired) electrons. The molecule has 1 amide bonds. The first-order valence-corrected chi connectivity index (χ1v) is 14.5. The quantitative estimate of drug-likeness (QED) is 0.209. The average molecular weight is 582 g/mol. The normalized spacial score (nSPS) is 19.5. The fraction of sp³-hybridized carbons (Fsp3) is 0.394. The van der Waals surface area contributed by atoms with Crippen LogP contribution in [0, 0.1) is 18.7 Å².